The molecule has 12 rings (SSSR count). The number of rotatable bonds is 28. The highest BCUT2D eigenvalue weighted by Gasteiger charge is 2.29. The molecule has 4 heterocycles. The van der Waals surface area contributed by atoms with E-state index in [2.05, 4.69) is 89.6 Å². The van der Waals surface area contributed by atoms with E-state index in [9.17, 15) is 47.9 Å². The zero-order valence-electron chi connectivity index (χ0n) is 63.0. The molecule has 2 aliphatic rings. The molecule has 0 radical (unpaired) electrons. The smallest absolute Gasteiger partial charge is 0.323 e. The molecule has 24 nitrogen and oxygen atoms in total. The second-order valence-electron chi connectivity index (χ2n) is 27.0. The molecular weight excluding hydrogens is 1390 g/mol. The Morgan fingerprint density at radius 2 is 0.882 bits per heavy atom. The number of benzene rings is 6. The van der Waals surface area contributed by atoms with E-state index in [1.807, 2.05) is 76.2 Å². The average Bonchev–Trinajstić information content (AvgIpc) is 1.64. The molecular formula is C86H90N14O10. The Hall–Kier alpha value is -12.8. The molecule has 110 heavy (non-hydrogen) atoms. The van der Waals surface area contributed by atoms with Crippen LogP contribution in [0.15, 0.2) is 170 Å². The minimum Gasteiger partial charge on any atom is -0.358 e. The highest BCUT2D eigenvalue weighted by Crippen LogP contribution is 2.37. The number of aromatic amines is 2. The van der Waals surface area contributed by atoms with Crippen molar-refractivity contribution in [2.45, 2.75) is 100 Å². The zero-order chi connectivity index (χ0) is 78.1. The number of ketones is 4. The first-order valence-corrected chi connectivity index (χ1v) is 37.0. The number of hydrogen-bond donors (Lipinski definition) is 8. The Bertz CT molecular complexity index is 5310. The number of Topliss-reactive ketones (excluding diaryl/α,β-unsaturated/α-hetero) is 4. The van der Waals surface area contributed by atoms with E-state index in [4.69, 9.17) is 0 Å². The highest BCUT2D eigenvalue weighted by molar-refractivity contribution is 6.31. The first-order chi connectivity index (χ1) is 53.1. The van der Waals surface area contributed by atoms with Gasteiger partial charge in [0, 0.05) is 141 Å². The van der Waals surface area contributed by atoms with Crippen LogP contribution in [-0.4, -0.2) is 144 Å². The van der Waals surface area contributed by atoms with Gasteiger partial charge in [-0.2, -0.15) is 19.6 Å². The van der Waals surface area contributed by atoms with Crippen molar-refractivity contribution in [2.24, 2.45) is 0 Å². The second-order valence-corrected chi connectivity index (χ2v) is 27.0. The summed E-state index contributed by atoms with van der Waals surface area (Å²) in [6.45, 7) is 22.0. The van der Waals surface area contributed by atoms with Crippen LogP contribution in [0.25, 0.3) is 45.1 Å². The summed E-state index contributed by atoms with van der Waals surface area (Å²) < 4.78 is 2.30. The quantitative estimate of drug-likeness (QED) is 0.0167. The van der Waals surface area contributed by atoms with E-state index in [0.717, 1.165) is 125 Å². The summed E-state index contributed by atoms with van der Waals surface area (Å²) in [5, 5.41) is 26.4. The van der Waals surface area contributed by atoms with Crippen LogP contribution in [0.2, 0.25) is 0 Å². The van der Waals surface area contributed by atoms with Gasteiger partial charge >= 0.3 is 12.1 Å². The van der Waals surface area contributed by atoms with E-state index < -0.39 is 29.7 Å². The molecule has 10 aromatic rings. The number of carbonyl (C=O) groups excluding carboxylic acids is 10. The van der Waals surface area contributed by atoms with Gasteiger partial charge in [-0.15, -0.1) is 0 Å². The number of hydrogen-bond acceptors (Lipinski definition) is 14. The molecule has 2 aliphatic carbocycles. The molecule has 6 amide bonds. The van der Waals surface area contributed by atoms with Crippen LogP contribution in [0.1, 0.15) is 145 Å². The van der Waals surface area contributed by atoms with Crippen LogP contribution in [0.3, 0.4) is 0 Å². The molecule has 0 fully saturated rings. The number of amides is 6. The van der Waals surface area contributed by atoms with Crippen LogP contribution in [0.4, 0.5) is 38.0 Å². The summed E-state index contributed by atoms with van der Waals surface area (Å²) in [4.78, 5) is 141. The van der Waals surface area contributed by atoms with Crippen LogP contribution < -0.4 is 31.9 Å². The van der Waals surface area contributed by atoms with Gasteiger partial charge in [0.05, 0.1) is 23.4 Å². The van der Waals surface area contributed by atoms with Gasteiger partial charge in [0.25, 0.3) is 11.8 Å². The first kappa shape index (κ1) is 78.3. The number of nitrogens with one attached hydrogen (secondary N) is 8. The molecule has 0 saturated carbocycles. The standard InChI is InChI=1S/C44H47N7O5.C42H43N7O5/c1-5-50(6-2)22-10-13-39(52)43-28(3)37(47-29(43)4)26-36-35-24-33(16-14-31(35)23-40(36)53)48-41(54)18-19-42(55)51-38-25-34(17-15-32(38)27-46-51)49-44(56)45-21-20-30-11-8-7-9-12-30;1-5-48(6-2)20-10-13-37(50)41-26(3)35(44-27(41)4)24-34-33-22-31(16-14-28(33)21-38(34)51)45-39(52)18-19-40(53)49-36-23-32(17-15-29(36)25-43-49)47-42(54)46-30-11-8-7-9-12-30/h7-9,11-12,14-19,24-27,47H,5-6,10,13,20-23H2,1-4H3,(H,48,54)(H2,45,49,56);7-9,11-12,14-19,22-25,44H,5-6,10,13,20-21H2,1-4H3,(H,45,52)(H2,46,47,54)/b19-18-,36-26-;19-18-,34-24-. The van der Waals surface area contributed by atoms with Gasteiger partial charge in [-0.1, -0.05) is 88.4 Å². The Labute approximate surface area is 637 Å². The second kappa shape index (κ2) is 36.2. The average molecular weight is 1480 g/mol. The Morgan fingerprint density at radius 3 is 1.33 bits per heavy atom. The number of anilines is 5. The lowest BCUT2D eigenvalue weighted by Crippen LogP contribution is -2.30. The number of fused-ring (bicyclic) bond motifs is 4. The van der Waals surface area contributed by atoms with Gasteiger partial charge in [0.15, 0.2) is 23.1 Å². The van der Waals surface area contributed by atoms with Gasteiger partial charge < -0.3 is 51.7 Å². The number of allylic oxidation sites excluding steroid dienone is 4. The predicted octanol–water partition coefficient (Wildman–Crippen LogP) is 14.6. The predicted molar refractivity (Wildman–Crippen MR) is 432 cm³/mol. The minimum atomic E-state index is -0.561. The van der Waals surface area contributed by atoms with E-state index in [0.29, 0.717) is 121 Å². The number of nitrogens with zero attached hydrogens (tertiary/aromatic N) is 6. The number of urea groups is 2. The van der Waals surface area contributed by atoms with Gasteiger partial charge in [-0.05, 0) is 210 Å². The number of carbonyl (C=O) groups is 10. The monoisotopic (exact) mass is 1480 g/mol. The van der Waals surface area contributed by atoms with Gasteiger partial charge in [-0.25, -0.2) is 9.59 Å². The maximum absolute atomic E-state index is 13.2. The third-order valence-electron chi connectivity index (χ3n) is 19.7. The molecule has 0 atom stereocenters. The van der Waals surface area contributed by atoms with Gasteiger partial charge in [-0.3, -0.25) is 38.4 Å². The maximum atomic E-state index is 13.2. The third-order valence-corrected chi connectivity index (χ3v) is 19.7. The van der Waals surface area contributed by atoms with Crippen LogP contribution in [0.5, 0.6) is 0 Å². The summed E-state index contributed by atoms with van der Waals surface area (Å²) in [5.74, 6) is -2.15. The number of aryl methyl sites for hydroxylation is 2. The van der Waals surface area contributed by atoms with Crippen molar-refractivity contribution in [2.75, 3.05) is 72.4 Å². The summed E-state index contributed by atoms with van der Waals surface area (Å²) in [6.07, 6.45) is 14.7. The summed E-state index contributed by atoms with van der Waals surface area (Å²) >= 11 is 0. The molecule has 8 N–H and O–H groups in total. The van der Waals surface area contributed by atoms with E-state index in [1.54, 1.807) is 97.1 Å². The Morgan fingerprint density at radius 1 is 0.473 bits per heavy atom. The molecule has 4 aromatic heterocycles. The Balaban J connectivity index is 0.000000218. The van der Waals surface area contributed by atoms with Crippen LogP contribution >= 0.6 is 0 Å². The fraction of sp³-hybridized carbons (Fsp3) is 0.256. The molecule has 0 unspecified atom stereocenters. The van der Waals surface area contributed by atoms with E-state index in [-0.39, 0.29) is 42.0 Å². The fourth-order valence-electron chi connectivity index (χ4n) is 13.8. The van der Waals surface area contributed by atoms with E-state index >= 15 is 0 Å². The van der Waals surface area contributed by atoms with Crippen molar-refractivity contribution in [1.29, 1.82) is 0 Å². The summed E-state index contributed by atoms with van der Waals surface area (Å²) in [6, 6.07) is 38.7. The highest BCUT2D eigenvalue weighted by atomic mass is 16.2. The van der Waals surface area contributed by atoms with Crippen molar-refractivity contribution in [3.8, 4) is 0 Å². The van der Waals surface area contributed by atoms with Crippen LogP contribution in [-0.2, 0) is 38.4 Å². The van der Waals surface area contributed by atoms with Crippen molar-refractivity contribution >= 4 is 132 Å². The van der Waals surface area contributed by atoms with Crippen LogP contribution in [0, 0.1) is 27.7 Å². The molecule has 0 saturated heterocycles. The zero-order valence-corrected chi connectivity index (χ0v) is 63.0. The van der Waals surface area contributed by atoms with Crippen molar-refractivity contribution in [3.63, 3.8) is 0 Å². The lowest BCUT2D eigenvalue weighted by molar-refractivity contribution is -0.113. The van der Waals surface area contributed by atoms with Crippen molar-refractivity contribution < 1.29 is 47.9 Å². The normalized spacial score (nSPS) is 13.2. The summed E-state index contributed by atoms with van der Waals surface area (Å²) in [7, 11) is 0. The molecule has 0 aliphatic heterocycles. The third kappa shape index (κ3) is 19.3. The van der Waals surface area contributed by atoms with Crippen molar-refractivity contribution in [1.82, 2.24) is 44.6 Å². The van der Waals surface area contributed by atoms with Gasteiger partial charge in [0.2, 0.25) is 11.8 Å². The molecule has 0 bridgehead atoms. The Kier molecular flexibility index (Phi) is 25.8. The topological polar surface area (TPSA) is 317 Å². The lowest BCUT2D eigenvalue weighted by atomic mass is 10.00. The number of para-hydroxylation sites is 1. The lowest BCUT2D eigenvalue weighted by Gasteiger charge is -2.17. The maximum Gasteiger partial charge on any atom is 0.323 e. The first-order valence-electron chi connectivity index (χ1n) is 37.0. The molecule has 564 valence electrons. The fourth-order valence-corrected chi connectivity index (χ4v) is 13.8. The number of aromatic nitrogens is 6. The van der Waals surface area contributed by atoms with Crippen molar-refractivity contribution in [3.05, 3.63) is 243 Å². The van der Waals surface area contributed by atoms with E-state index in [1.165, 1.54) is 12.4 Å². The molecule has 6 aromatic carbocycles. The summed E-state index contributed by atoms with van der Waals surface area (Å²) in [5.41, 5.74) is 14.4. The molecule has 0 spiro atoms. The number of H-pyrrole nitrogens is 2. The minimum absolute atomic E-state index is 0.0544. The largest absolute Gasteiger partial charge is 0.358 e. The van der Waals surface area contributed by atoms with Gasteiger partial charge in [0.1, 0.15) is 0 Å². The SMILES string of the molecule is CCN(CC)CCCC(=O)c1c(C)[nH]c(/C=C2\C(=O)Cc3ccc(NC(=O)/C=C\C(=O)n4ncc5ccc(NC(=O)NCCc6ccccc6)cc54)cc32)c1C.CCN(CC)CCCC(=O)c1c(C)[nH]c(/C=C2\C(=O)Cc3ccc(NC(=O)/C=C\C(=O)n4ncc5ccc(NC(=O)Nc6ccccc6)cc54)cc32)c1C. The molecule has 24 heteroatoms.